The van der Waals surface area contributed by atoms with Crippen LogP contribution in [0, 0.1) is 0 Å². The van der Waals surface area contributed by atoms with E-state index in [1.54, 1.807) is 22.9 Å². The summed E-state index contributed by atoms with van der Waals surface area (Å²) in [6, 6.07) is 6.57. The predicted molar refractivity (Wildman–Crippen MR) is 117 cm³/mol. The maximum absolute atomic E-state index is 13.2. The zero-order valence-electron chi connectivity index (χ0n) is 16.7. The highest BCUT2D eigenvalue weighted by molar-refractivity contribution is 9.10. The Morgan fingerprint density at radius 2 is 2.13 bits per heavy atom. The zero-order chi connectivity index (χ0) is 21.4. The molecule has 4 heterocycles. The monoisotopic (exact) mass is 481 g/mol. The van der Waals surface area contributed by atoms with Gasteiger partial charge < -0.3 is 10.1 Å². The number of hydrogen-bond acceptors (Lipinski definition) is 6. The zero-order valence-corrected chi connectivity index (χ0v) is 18.3. The summed E-state index contributed by atoms with van der Waals surface area (Å²) in [5.41, 5.74) is 2.41. The molecule has 0 saturated carbocycles. The number of aromatic nitrogens is 4. The molecule has 31 heavy (non-hydrogen) atoms. The molecule has 1 unspecified atom stereocenters. The first kappa shape index (κ1) is 19.9. The Morgan fingerprint density at radius 3 is 2.97 bits per heavy atom. The summed E-state index contributed by atoms with van der Waals surface area (Å²) in [6.45, 7) is 1.14. The Bertz CT molecular complexity index is 1210. The van der Waals surface area contributed by atoms with Crippen LogP contribution in [-0.2, 0) is 13.0 Å². The van der Waals surface area contributed by atoms with Crippen LogP contribution in [0.15, 0.2) is 46.1 Å². The average molecular weight is 482 g/mol. The van der Waals surface area contributed by atoms with Crippen molar-refractivity contribution in [1.29, 1.82) is 0 Å². The molecule has 0 radical (unpaired) electrons. The number of rotatable bonds is 3. The number of nitrogens with zero attached hydrogens (tertiary/aromatic N) is 4. The third-order valence-corrected chi connectivity index (χ3v) is 6.07. The first-order chi connectivity index (χ1) is 15.1. The quantitative estimate of drug-likeness (QED) is 0.616. The van der Waals surface area contributed by atoms with Crippen molar-refractivity contribution in [2.75, 3.05) is 6.61 Å². The molecule has 0 aliphatic carbocycles. The fraction of sp³-hybridized carbons (Fsp3) is 0.318. The average Bonchev–Trinajstić information content (AvgIpc) is 3.15. The van der Waals surface area contributed by atoms with Gasteiger partial charge in [0.2, 0.25) is 0 Å². The Kier molecular flexibility index (Phi) is 5.27. The standard InChI is InChI=1S/C22H20BrN5O3/c23-14-9-13-5-8-31-20(13)15(10-14)22(30)27-17-3-1-2-7-28-19(29)11-18(26-21(17)28)16-4-6-24-12-25-16/h4,6,9-12,17H,1-3,5,7-8H2,(H,27,30). The number of nitrogens with one attached hydrogen (secondary N) is 1. The van der Waals surface area contributed by atoms with Crippen LogP contribution in [0.5, 0.6) is 5.75 Å². The van der Waals surface area contributed by atoms with Gasteiger partial charge in [0.15, 0.2) is 0 Å². The van der Waals surface area contributed by atoms with E-state index in [2.05, 4.69) is 31.2 Å². The van der Waals surface area contributed by atoms with E-state index in [0.29, 0.717) is 48.1 Å². The van der Waals surface area contributed by atoms with Gasteiger partial charge >= 0.3 is 0 Å². The molecule has 0 spiro atoms. The SMILES string of the molecule is O=C(NC1CCCCn2c1nc(-c1ccncn1)cc2=O)c1cc(Br)cc2c1OCC2. The maximum Gasteiger partial charge on any atom is 0.255 e. The minimum atomic E-state index is -0.388. The van der Waals surface area contributed by atoms with E-state index in [4.69, 9.17) is 9.72 Å². The summed E-state index contributed by atoms with van der Waals surface area (Å²) >= 11 is 3.49. The van der Waals surface area contributed by atoms with Crippen LogP contribution in [-0.4, -0.2) is 32.0 Å². The molecule has 2 aliphatic rings. The number of carbonyl (C=O) groups excluding carboxylic acids is 1. The fourth-order valence-electron chi connectivity index (χ4n) is 4.15. The summed E-state index contributed by atoms with van der Waals surface area (Å²) in [5.74, 6) is 0.952. The molecule has 2 aliphatic heterocycles. The molecule has 3 aromatic rings. The van der Waals surface area contributed by atoms with Crippen LogP contribution in [0.4, 0.5) is 0 Å². The molecule has 8 nitrogen and oxygen atoms in total. The van der Waals surface area contributed by atoms with Crippen LogP contribution < -0.4 is 15.6 Å². The van der Waals surface area contributed by atoms with Crippen molar-refractivity contribution >= 4 is 21.8 Å². The third-order valence-electron chi connectivity index (χ3n) is 5.62. The molecule has 1 N–H and O–H groups in total. The van der Waals surface area contributed by atoms with E-state index in [1.807, 2.05) is 6.07 Å². The molecule has 158 valence electrons. The van der Waals surface area contributed by atoms with Gasteiger partial charge in [-0.1, -0.05) is 15.9 Å². The van der Waals surface area contributed by atoms with Crippen molar-refractivity contribution in [3.63, 3.8) is 0 Å². The first-order valence-corrected chi connectivity index (χ1v) is 11.0. The van der Waals surface area contributed by atoms with E-state index in [0.717, 1.165) is 29.3 Å². The lowest BCUT2D eigenvalue weighted by Gasteiger charge is -2.20. The van der Waals surface area contributed by atoms with Crippen LogP contribution in [0.2, 0.25) is 0 Å². The Morgan fingerprint density at radius 1 is 1.23 bits per heavy atom. The van der Waals surface area contributed by atoms with E-state index < -0.39 is 0 Å². The number of hydrogen-bond donors (Lipinski definition) is 1. The lowest BCUT2D eigenvalue weighted by molar-refractivity contribution is 0.0929. The van der Waals surface area contributed by atoms with Crippen LogP contribution >= 0.6 is 15.9 Å². The highest BCUT2D eigenvalue weighted by Gasteiger charge is 2.27. The van der Waals surface area contributed by atoms with Crippen molar-refractivity contribution in [1.82, 2.24) is 24.8 Å². The minimum absolute atomic E-state index is 0.147. The first-order valence-electron chi connectivity index (χ1n) is 10.2. The lowest BCUT2D eigenvalue weighted by atomic mass is 10.1. The van der Waals surface area contributed by atoms with Crippen LogP contribution in [0.1, 0.15) is 47.1 Å². The van der Waals surface area contributed by atoms with Crippen molar-refractivity contribution in [3.8, 4) is 17.1 Å². The topological polar surface area (TPSA) is 99.0 Å². The molecular weight excluding hydrogens is 462 g/mol. The number of benzene rings is 1. The molecule has 0 saturated heterocycles. The van der Waals surface area contributed by atoms with Crippen LogP contribution in [0.3, 0.4) is 0 Å². The largest absolute Gasteiger partial charge is 0.492 e. The molecular formula is C22H20BrN5O3. The second-order valence-electron chi connectivity index (χ2n) is 7.65. The van der Waals surface area contributed by atoms with Gasteiger partial charge in [-0.25, -0.2) is 15.0 Å². The number of carbonyl (C=O) groups is 1. The second-order valence-corrected chi connectivity index (χ2v) is 8.56. The molecule has 5 rings (SSSR count). The smallest absolute Gasteiger partial charge is 0.255 e. The van der Waals surface area contributed by atoms with Gasteiger partial charge in [0, 0.05) is 29.7 Å². The van der Waals surface area contributed by atoms with Gasteiger partial charge in [-0.15, -0.1) is 0 Å². The van der Waals surface area contributed by atoms with Gasteiger partial charge in [0.1, 0.15) is 17.9 Å². The summed E-state index contributed by atoms with van der Waals surface area (Å²) < 4.78 is 8.21. The lowest BCUT2D eigenvalue weighted by Crippen LogP contribution is -2.34. The summed E-state index contributed by atoms with van der Waals surface area (Å²) in [7, 11) is 0. The van der Waals surface area contributed by atoms with E-state index in [9.17, 15) is 9.59 Å². The van der Waals surface area contributed by atoms with Crippen molar-refractivity contribution < 1.29 is 9.53 Å². The highest BCUT2D eigenvalue weighted by atomic mass is 79.9. The van der Waals surface area contributed by atoms with E-state index >= 15 is 0 Å². The normalized spacial score (nSPS) is 17.3. The van der Waals surface area contributed by atoms with Crippen LogP contribution in [0.25, 0.3) is 11.4 Å². The summed E-state index contributed by atoms with van der Waals surface area (Å²) in [4.78, 5) is 39.0. The van der Waals surface area contributed by atoms with Crippen molar-refractivity contribution in [2.24, 2.45) is 0 Å². The molecule has 0 bridgehead atoms. The number of amides is 1. The third kappa shape index (κ3) is 3.85. The maximum atomic E-state index is 13.2. The van der Waals surface area contributed by atoms with E-state index in [1.165, 1.54) is 12.4 Å². The molecule has 0 fully saturated rings. The van der Waals surface area contributed by atoms with E-state index in [-0.39, 0.29) is 17.5 Å². The predicted octanol–water partition coefficient (Wildman–Crippen LogP) is 3.05. The molecule has 1 aromatic carbocycles. The number of halogens is 1. The Hall–Kier alpha value is -3.07. The molecule has 1 atom stereocenters. The van der Waals surface area contributed by atoms with Gasteiger partial charge in [0.05, 0.1) is 29.6 Å². The Balaban J connectivity index is 1.52. The Labute approximate surface area is 186 Å². The summed E-state index contributed by atoms with van der Waals surface area (Å²) in [6.07, 6.45) is 6.24. The van der Waals surface area contributed by atoms with Gasteiger partial charge in [-0.2, -0.15) is 0 Å². The minimum Gasteiger partial charge on any atom is -0.492 e. The fourth-order valence-corrected chi connectivity index (χ4v) is 4.65. The summed E-state index contributed by atoms with van der Waals surface area (Å²) in [5, 5.41) is 3.10. The van der Waals surface area contributed by atoms with Crippen molar-refractivity contribution in [3.05, 3.63) is 68.6 Å². The molecule has 1 amide bonds. The molecule has 9 heteroatoms. The van der Waals surface area contributed by atoms with Gasteiger partial charge in [0.25, 0.3) is 11.5 Å². The number of ether oxygens (including phenoxy) is 1. The number of fused-ring (bicyclic) bond motifs is 2. The van der Waals surface area contributed by atoms with Gasteiger partial charge in [-0.3, -0.25) is 14.2 Å². The highest BCUT2D eigenvalue weighted by Crippen LogP contribution is 2.34. The second kappa shape index (κ2) is 8.22. The van der Waals surface area contributed by atoms with Crippen molar-refractivity contribution in [2.45, 2.75) is 38.3 Å². The molecule has 2 aromatic heterocycles. The van der Waals surface area contributed by atoms with Gasteiger partial charge in [-0.05, 0) is 43.0 Å².